The fourth-order valence-electron chi connectivity index (χ4n) is 2.71. The van der Waals surface area contributed by atoms with Crippen molar-refractivity contribution in [1.29, 1.82) is 0 Å². The molecule has 16 heavy (non-hydrogen) atoms. The van der Waals surface area contributed by atoms with Crippen molar-refractivity contribution in [2.45, 2.75) is 38.8 Å². The molecule has 0 aromatic carbocycles. The van der Waals surface area contributed by atoms with Crippen molar-refractivity contribution in [3.05, 3.63) is 0 Å². The second kappa shape index (κ2) is 5.15. The first kappa shape index (κ1) is 11.9. The van der Waals surface area contributed by atoms with Gasteiger partial charge in [0.1, 0.15) is 0 Å². The fraction of sp³-hybridized carbons (Fsp3) is 0.917. The fourth-order valence-corrected chi connectivity index (χ4v) is 2.71. The smallest absolute Gasteiger partial charge is 0.228 e. The molecule has 92 valence electrons. The van der Waals surface area contributed by atoms with Crippen LogP contribution in [0.4, 0.5) is 0 Å². The maximum absolute atomic E-state index is 12.4. The van der Waals surface area contributed by atoms with Gasteiger partial charge in [0.15, 0.2) is 0 Å². The van der Waals surface area contributed by atoms with Crippen LogP contribution in [0.1, 0.15) is 26.7 Å². The van der Waals surface area contributed by atoms with E-state index in [2.05, 4.69) is 19.2 Å². The van der Waals surface area contributed by atoms with Crippen LogP contribution in [0, 0.1) is 5.92 Å². The van der Waals surface area contributed by atoms with Crippen LogP contribution in [0.2, 0.25) is 0 Å². The predicted octanol–water partition coefficient (Wildman–Crippen LogP) is 0.622. The Labute approximate surface area is 97.3 Å². The van der Waals surface area contributed by atoms with Gasteiger partial charge >= 0.3 is 0 Å². The SMILES string of the molecule is CCC1OCCC1C(=O)N1CCNCC1C. The minimum atomic E-state index is 0.102. The van der Waals surface area contributed by atoms with Crippen LogP contribution in [0.25, 0.3) is 0 Å². The van der Waals surface area contributed by atoms with E-state index in [0.29, 0.717) is 11.9 Å². The van der Waals surface area contributed by atoms with Crippen LogP contribution in [0.3, 0.4) is 0 Å². The zero-order valence-corrected chi connectivity index (χ0v) is 10.2. The highest BCUT2D eigenvalue weighted by Gasteiger charge is 2.37. The van der Waals surface area contributed by atoms with Crippen LogP contribution >= 0.6 is 0 Å². The first-order valence-electron chi connectivity index (χ1n) is 6.36. The molecule has 1 N–H and O–H groups in total. The molecule has 0 aromatic rings. The van der Waals surface area contributed by atoms with Gasteiger partial charge in [-0.05, 0) is 19.8 Å². The number of carbonyl (C=O) groups excluding carboxylic acids is 1. The number of rotatable bonds is 2. The zero-order valence-electron chi connectivity index (χ0n) is 10.2. The van der Waals surface area contributed by atoms with E-state index in [-0.39, 0.29) is 12.0 Å². The molecule has 2 fully saturated rings. The lowest BCUT2D eigenvalue weighted by Crippen LogP contribution is -2.54. The van der Waals surface area contributed by atoms with E-state index in [1.165, 1.54) is 0 Å². The molecular weight excluding hydrogens is 204 g/mol. The molecular formula is C12H22N2O2. The lowest BCUT2D eigenvalue weighted by Gasteiger charge is -2.36. The molecule has 4 heteroatoms. The second-order valence-electron chi connectivity index (χ2n) is 4.80. The molecule has 2 saturated heterocycles. The summed E-state index contributed by atoms with van der Waals surface area (Å²) in [5, 5.41) is 3.31. The number of nitrogens with zero attached hydrogens (tertiary/aromatic N) is 1. The van der Waals surface area contributed by atoms with Crippen molar-refractivity contribution in [3.63, 3.8) is 0 Å². The topological polar surface area (TPSA) is 41.6 Å². The number of nitrogens with one attached hydrogen (secondary N) is 1. The maximum atomic E-state index is 12.4. The molecule has 2 aliphatic rings. The van der Waals surface area contributed by atoms with Gasteiger partial charge in [-0.2, -0.15) is 0 Å². The van der Waals surface area contributed by atoms with Gasteiger partial charge in [0.05, 0.1) is 12.0 Å². The molecule has 0 saturated carbocycles. The number of hydrogen-bond donors (Lipinski definition) is 1. The molecule has 3 atom stereocenters. The summed E-state index contributed by atoms with van der Waals surface area (Å²) in [6.45, 7) is 7.62. The minimum absolute atomic E-state index is 0.102. The third kappa shape index (κ3) is 2.23. The van der Waals surface area contributed by atoms with Gasteiger partial charge in [-0.1, -0.05) is 6.92 Å². The Morgan fingerprint density at radius 3 is 3.06 bits per heavy atom. The molecule has 1 amide bonds. The van der Waals surface area contributed by atoms with Gasteiger partial charge in [0, 0.05) is 32.3 Å². The lowest BCUT2D eigenvalue weighted by molar-refractivity contribution is -0.140. The van der Waals surface area contributed by atoms with Gasteiger partial charge in [0.25, 0.3) is 0 Å². The quantitative estimate of drug-likeness (QED) is 0.750. The van der Waals surface area contributed by atoms with Gasteiger partial charge in [-0.25, -0.2) is 0 Å². The van der Waals surface area contributed by atoms with Crippen molar-refractivity contribution in [2.75, 3.05) is 26.2 Å². The number of ether oxygens (including phenoxy) is 1. The molecule has 3 unspecified atom stereocenters. The standard InChI is InChI=1S/C12H22N2O2/c1-3-11-10(4-7-16-11)12(15)14-6-5-13-8-9(14)2/h9-11,13H,3-8H2,1-2H3. The van der Waals surface area contributed by atoms with Crippen LogP contribution in [0.5, 0.6) is 0 Å². The van der Waals surface area contributed by atoms with Gasteiger partial charge < -0.3 is 15.0 Å². The summed E-state index contributed by atoms with van der Waals surface area (Å²) in [4.78, 5) is 14.4. The van der Waals surface area contributed by atoms with E-state index in [1.807, 2.05) is 4.90 Å². The largest absolute Gasteiger partial charge is 0.377 e. The first-order valence-corrected chi connectivity index (χ1v) is 6.36. The summed E-state index contributed by atoms with van der Waals surface area (Å²) in [5.41, 5.74) is 0. The second-order valence-corrected chi connectivity index (χ2v) is 4.80. The highest BCUT2D eigenvalue weighted by Crippen LogP contribution is 2.26. The Balaban J connectivity index is 2.00. The Morgan fingerprint density at radius 1 is 1.56 bits per heavy atom. The Kier molecular flexibility index (Phi) is 3.82. The summed E-state index contributed by atoms with van der Waals surface area (Å²) in [6, 6.07) is 0.319. The van der Waals surface area contributed by atoms with Crippen LogP contribution < -0.4 is 5.32 Å². The first-order chi connectivity index (χ1) is 7.74. The number of carbonyl (C=O) groups is 1. The monoisotopic (exact) mass is 226 g/mol. The normalized spacial score (nSPS) is 35.4. The van der Waals surface area contributed by atoms with Gasteiger partial charge in [-0.15, -0.1) is 0 Å². The van der Waals surface area contributed by atoms with E-state index in [0.717, 1.165) is 39.1 Å². The molecule has 0 bridgehead atoms. The summed E-state index contributed by atoms with van der Waals surface area (Å²) < 4.78 is 5.60. The summed E-state index contributed by atoms with van der Waals surface area (Å²) in [5.74, 6) is 0.406. The van der Waals surface area contributed by atoms with Crippen molar-refractivity contribution < 1.29 is 9.53 Å². The molecule has 2 heterocycles. The van der Waals surface area contributed by atoms with E-state index in [4.69, 9.17) is 4.74 Å². The molecule has 2 aliphatic heterocycles. The Morgan fingerprint density at radius 2 is 2.38 bits per heavy atom. The van der Waals surface area contributed by atoms with E-state index in [9.17, 15) is 4.79 Å². The molecule has 0 aromatic heterocycles. The third-order valence-electron chi connectivity index (χ3n) is 3.71. The number of amides is 1. The van der Waals surface area contributed by atoms with Crippen molar-refractivity contribution in [1.82, 2.24) is 10.2 Å². The minimum Gasteiger partial charge on any atom is -0.377 e. The Hall–Kier alpha value is -0.610. The molecule has 0 radical (unpaired) electrons. The van der Waals surface area contributed by atoms with E-state index >= 15 is 0 Å². The van der Waals surface area contributed by atoms with Crippen molar-refractivity contribution in [2.24, 2.45) is 5.92 Å². The van der Waals surface area contributed by atoms with Crippen LogP contribution in [0.15, 0.2) is 0 Å². The Bertz CT molecular complexity index is 253. The van der Waals surface area contributed by atoms with Gasteiger partial charge in [0.2, 0.25) is 5.91 Å². The summed E-state index contributed by atoms with van der Waals surface area (Å²) in [6.07, 6.45) is 1.99. The summed E-state index contributed by atoms with van der Waals surface area (Å²) in [7, 11) is 0. The molecule has 0 spiro atoms. The predicted molar refractivity (Wildman–Crippen MR) is 62.2 cm³/mol. The van der Waals surface area contributed by atoms with E-state index in [1.54, 1.807) is 0 Å². The van der Waals surface area contributed by atoms with Crippen molar-refractivity contribution in [3.8, 4) is 0 Å². The third-order valence-corrected chi connectivity index (χ3v) is 3.71. The highest BCUT2D eigenvalue weighted by molar-refractivity contribution is 5.80. The maximum Gasteiger partial charge on any atom is 0.228 e. The lowest BCUT2D eigenvalue weighted by atomic mass is 9.97. The molecule has 4 nitrogen and oxygen atoms in total. The zero-order chi connectivity index (χ0) is 11.5. The summed E-state index contributed by atoms with van der Waals surface area (Å²) >= 11 is 0. The number of hydrogen-bond acceptors (Lipinski definition) is 3. The average Bonchev–Trinajstić information content (AvgIpc) is 2.77. The molecule has 0 aliphatic carbocycles. The highest BCUT2D eigenvalue weighted by atomic mass is 16.5. The molecule has 2 rings (SSSR count). The van der Waals surface area contributed by atoms with Crippen LogP contribution in [-0.4, -0.2) is 49.2 Å². The van der Waals surface area contributed by atoms with Crippen LogP contribution in [-0.2, 0) is 9.53 Å². The number of piperazine rings is 1. The van der Waals surface area contributed by atoms with E-state index < -0.39 is 0 Å². The van der Waals surface area contributed by atoms with Gasteiger partial charge in [-0.3, -0.25) is 4.79 Å². The van der Waals surface area contributed by atoms with Crippen molar-refractivity contribution >= 4 is 5.91 Å². The average molecular weight is 226 g/mol.